The van der Waals surface area contributed by atoms with Gasteiger partial charge in [-0.15, -0.1) is 0 Å². The summed E-state index contributed by atoms with van der Waals surface area (Å²) in [6.07, 6.45) is 5.16. The third-order valence-corrected chi connectivity index (χ3v) is 9.50. The summed E-state index contributed by atoms with van der Waals surface area (Å²) < 4.78 is 56.3. The number of nitrogens with one attached hydrogen (secondary N) is 4. The number of anilines is 2. The van der Waals surface area contributed by atoms with Crippen molar-refractivity contribution in [3.05, 3.63) is 84.0 Å². The van der Waals surface area contributed by atoms with Crippen molar-refractivity contribution in [1.29, 1.82) is 0 Å². The summed E-state index contributed by atoms with van der Waals surface area (Å²) >= 11 is 0. The number of amides is 3. The Kier molecular flexibility index (Phi) is 10.4. The molecule has 0 radical (unpaired) electrons. The molecule has 2 aliphatic heterocycles. The average Bonchev–Trinajstić information content (AvgIpc) is 3.87. The lowest BCUT2D eigenvalue weighted by molar-refractivity contribution is -0.182. The molecule has 5 aromatic rings. The van der Waals surface area contributed by atoms with Crippen LogP contribution in [-0.4, -0.2) is 106 Å². The smallest absolute Gasteiger partial charge is 0.372 e. The van der Waals surface area contributed by atoms with Crippen molar-refractivity contribution < 1.29 is 31.9 Å². The molecule has 3 amide bonds. The van der Waals surface area contributed by atoms with E-state index in [1.54, 1.807) is 18.6 Å². The number of piperazine rings is 1. The molecule has 7 rings (SSSR count). The highest BCUT2D eigenvalue weighted by molar-refractivity contribution is 6.01. The fraction of sp³-hybridized carbons (Fsp3) is 0.371. The Balaban J connectivity index is 0.878. The second-order valence-electron chi connectivity index (χ2n) is 13.8. The van der Waals surface area contributed by atoms with E-state index in [1.807, 2.05) is 17.0 Å². The normalized spacial score (nSPS) is 16.8. The van der Waals surface area contributed by atoms with E-state index in [0.717, 1.165) is 19.4 Å². The maximum Gasteiger partial charge on any atom is 0.401 e. The fourth-order valence-corrected chi connectivity index (χ4v) is 6.01. The van der Waals surface area contributed by atoms with E-state index in [9.17, 15) is 27.6 Å². The molecule has 0 aromatic carbocycles. The number of aromatic amines is 1. The van der Waals surface area contributed by atoms with Crippen LogP contribution in [0.25, 0.3) is 17.2 Å². The minimum Gasteiger partial charge on any atom is -0.372 e. The largest absolute Gasteiger partial charge is 0.401 e. The van der Waals surface area contributed by atoms with E-state index in [-0.39, 0.29) is 42.0 Å². The van der Waals surface area contributed by atoms with Crippen LogP contribution in [0, 0.1) is 5.82 Å². The van der Waals surface area contributed by atoms with Crippen LogP contribution in [0.1, 0.15) is 54.3 Å². The number of hydrogen-bond donors (Lipinski definition) is 4. The van der Waals surface area contributed by atoms with Gasteiger partial charge in [0.25, 0.3) is 5.91 Å². The van der Waals surface area contributed by atoms with Crippen LogP contribution in [0.5, 0.6) is 0 Å². The predicted molar refractivity (Wildman–Crippen MR) is 190 cm³/mol. The predicted octanol–water partition coefficient (Wildman–Crippen LogP) is 2.69. The Morgan fingerprint density at radius 2 is 1.75 bits per heavy atom. The summed E-state index contributed by atoms with van der Waals surface area (Å²) in [6, 6.07) is 4.52. The van der Waals surface area contributed by atoms with E-state index in [1.165, 1.54) is 29.3 Å². The van der Waals surface area contributed by atoms with Gasteiger partial charge in [0.1, 0.15) is 17.3 Å². The lowest BCUT2D eigenvalue weighted by Crippen LogP contribution is -2.47. The zero-order chi connectivity index (χ0) is 39.6. The molecule has 0 spiro atoms. The minimum absolute atomic E-state index is 0.0659. The zero-order valence-electron chi connectivity index (χ0n) is 30.1. The number of alkyl halides is 3. The number of piperidine rings is 1. The van der Waals surface area contributed by atoms with Crippen LogP contribution < -0.4 is 20.9 Å². The first-order valence-corrected chi connectivity index (χ1v) is 17.6. The van der Waals surface area contributed by atoms with Crippen LogP contribution in [0.15, 0.2) is 55.4 Å². The van der Waals surface area contributed by atoms with Crippen LogP contribution >= 0.6 is 0 Å². The van der Waals surface area contributed by atoms with Crippen molar-refractivity contribution in [3.63, 3.8) is 0 Å². The van der Waals surface area contributed by atoms with Gasteiger partial charge in [0.2, 0.25) is 17.8 Å². The third-order valence-electron chi connectivity index (χ3n) is 9.50. The molecule has 0 saturated carbocycles. The van der Waals surface area contributed by atoms with E-state index in [2.05, 4.69) is 61.1 Å². The zero-order valence-corrected chi connectivity index (χ0v) is 30.1. The number of carbonyl (C=O) groups excluding carboxylic acids is 3. The van der Waals surface area contributed by atoms with Crippen molar-refractivity contribution in [2.45, 2.75) is 57.4 Å². The Morgan fingerprint density at radius 3 is 2.43 bits per heavy atom. The summed E-state index contributed by atoms with van der Waals surface area (Å²) in [5.41, 5.74) is 0.579. The van der Waals surface area contributed by atoms with Gasteiger partial charge in [0.05, 0.1) is 35.9 Å². The highest BCUT2D eigenvalue weighted by atomic mass is 19.4. The van der Waals surface area contributed by atoms with Crippen LogP contribution in [-0.2, 0) is 28.1 Å². The number of H-pyrrole nitrogens is 1. The van der Waals surface area contributed by atoms with Gasteiger partial charge in [-0.05, 0) is 31.9 Å². The molecule has 21 heteroatoms. The fourth-order valence-electron chi connectivity index (χ4n) is 6.01. The van der Waals surface area contributed by atoms with Gasteiger partial charge < -0.3 is 15.5 Å². The van der Waals surface area contributed by atoms with Crippen molar-refractivity contribution in [3.8, 4) is 17.2 Å². The molecular formula is C35H36F4N14O3. The summed E-state index contributed by atoms with van der Waals surface area (Å²) in [5, 5.41) is 18.0. The Morgan fingerprint density at radius 1 is 0.982 bits per heavy atom. The van der Waals surface area contributed by atoms with Crippen LogP contribution in [0.4, 0.5) is 29.1 Å². The number of nitrogens with zero attached hydrogens (tertiary/aromatic N) is 10. The molecule has 2 fully saturated rings. The summed E-state index contributed by atoms with van der Waals surface area (Å²) in [7, 11) is 0. The number of rotatable bonds is 11. The van der Waals surface area contributed by atoms with Crippen molar-refractivity contribution in [2.75, 3.05) is 36.4 Å². The van der Waals surface area contributed by atoms with Gasteiger partial charge in [0.15, 0.2) is 17.5 Å². The molecule has 7 heterocycles. The Labute approximate surface area is 316 Å². The first-order valence-electron chi connectivity index (χ1n) is 17.6. The van der Waals surface area contributed by atoms with Crippen LogP contribution in [0.3, 0.4) is 0 Å². The number of imide groups is 1. The first kappa shape index (κ1) is 37.9. The lowest BCUT2D eigenvalue weighted by Gasteiger charge is -2.35. The monoisotopic (exact) mass is 776 g/mol. The van der Waals surface area contributed by atoms with Crippen molar-refractivity contribution in [2.24, 2.45) is 0 Å². The number of halogens is 4. The molecular weight excluding hydrogens is 740 g/mol. The van der Waals surface area contributed by atoms with Gasteiger partial charge in [-0.3, -0.25) is 34.7 Å². The molecule has 1 unspecified atom stereocenters. The quantitative estimate of drug-likeness (QED) is 0.113. The van der Waals surface area contributed by atoms with E-state index in [4.69, 9.17) is 0 Å². The summed E-state index contributed by atoms with van der Waals surface area (Å²) in [5.74, 6) is -1.71. The molecule has 2 saturated heterocycles. The summed E-state index contributed by atoms with van der Waals surface area (Å²) in [6.45, 7) is 4.91. The minimum atomic E-state index is -4.55. The second-order valence-corrected chi connectivity index (χ2v) is 13.8. The van der Waals surface area contributed by atoms with Gasteiger partial charge in [-0.1, -0.05) is 6.07 Å². The molecule has 2 aliphatic rings. The van der Waals surface area contributed by atoms with Crippen molar-refractivity contribution >= 4 is 29.2 Å². The topological polar surface area (TPSA) is 205 Å². The maximum atomic E-state index is 15.1. The van der Waals surface area contributed by atoms with Crippen LogP contribution in [0.2, 0.25) is 0 Å². The van der Waals surface area contributed by atoms with Crippen molar-refractivity contribution in [1.82, 2.24) is 60.4 Å². The molecule has 292 valence electrons. The van der Waals surface area contributed by atoms with Gasteiger partial charge in [0, 0.05) is 75.6 Å². The maximum absolute atomic E-state index is 15.1. The molecule has 0 bridgehead atoms. The van der Waals surface area contributed by atoms with E-state index < -0.39 is 41.1 Å². The number of aromatic nitrogens is 9. The highest BCUT2D eigenvalue weighted by Crippen LogP contribution is 2.38. The second kappa shape index (κ2) is 15.4. The standard InChI is InChI=1S/C35H36F4N14O3/c1-34(2,35(37,38)39)32-47-27(49-50-32)17-42-30(55)22-15-45-53(19-22)33-43-13-21(14-44-33)25-4-3-20(12-40-25)18-51-7-9-52(10-8-51)29-24(36)11-23(16-41-29)46-26-5-6-28(54)48-31(26)56/h3-4,11-16,19,26,46H,5-10,17-18H2,1-2H3,(H,42,55)(H,47,49,50)(H,48,54,56). The molecule has 17 nitrogen and oxygen atoms in total. The molecule has 5 aromatic heterocycles. The molecule has 1 atom stereocenters. The van der Waals surface area contributed by atoms with Gasteiger partial charge in [-0.25, -0.2) is 29.0 Å². The number of hydrogen-bond acceptors (Lipinski definition) is 13. The van der Waals surface area contributed by atoms with E-state index in [0.29, 0.717) is 56.1 Å². The Hall–Kier alpha value is -6.38. The third kappa shape index (κ3) is 8.31. The highest BCUT2D eigenvalue weighted by Gasteiger charge is 2.51. The lowest BCUT2D eigenvalue weighted by atomic mass is 9.92. The van der Waals surface area contributed by atoms with Gasteiger partial charge in [-0.2, -0.15) is 23.4 Å². The number of carbonyl (C=O) groups is 3. The number of pyridine rings is 2. The molecule has 56 heavy (non-hydrogen) atoms. The SMILES string of the molecule is CC(C)(c1n[nH]c(CNC(=O)c2cnn(-c3ncc(-c4ccc(CN5CCN(c6ncc(NC7CCC(=O)NC7=O)cc6F)CC5)cn4)cn3)c2)n1)C(F)(F)F. The average molecular weight is 777 g/mol. The van der Waals surface area contributed by atoms with Gasteiger partial charge >= 0.3 is 6.18 Å². The first-order chi connectivity index (χ1) is 26.7. The Bertz CT molecular complexity index is 2220. The van der Waals surface area contributed by atoms with E-state index >= 15 is 4.39 Å². The molecule has 0 aliphatic carbocycles. The summed E-state index contributed by atoms with van der Waals surface area (Å²) in [4.78, 5) is 61.7. The molecule has 4 N–H and O–H groups in total.